The molecule has 0 bridgehead atoms. The zero-order valence-corrected chi connectivity index (χ0v) is 8.48. The summed E-state index contributed by atoms with van der Waals surface area (Å²) >= 11 is 3.12. The van der Waals surface area contributed by atoms with Crippen LogP contribution in [0, 0.1) is 10.1 Å². The first-order chi connectivity index (χ1) is 5.91. The Morgan fingerprint density at radius 2 is 2.31 bits per heavy atom. The molecule has 13 heavy (non-hydrogen) atoms. The Labute approximate surface area is 83.5 Å². The summed E-state index contributed by atoms with van der Waals surface area (Å²) in [5.41, 5.74) is -1.39. The number of allylic oxidation sites excluding steroid dienone is 3. The third-order valence-electron chi connectivity index (χ3n) is 1.52. The van der Waals surface area contributed by atoms with E-state index < -0.39 is 10.5 Å². The first-order valence-electron chi connectivity index (χ1n) is 3.57. The highest BCUT2D eigenvalue weighted by Gasteiger charge is 2.21. The van der Waals surface area contributed by atoms with E-state index in [0.717, 1.165) is 0 Å². The molecule has 4 nitrogen and oxygen atoms in total. The van der Waals surface area contributed by atoms with Crippen LogP contribution in [0.25, 0.3) is 0 Å². The minimum absolute atomic E-state index is 0.123. The quantitative estimate of drug-likeness (QED) is 0.566. The Morgan fingerprint density at radius 3 is 2.85 bits per heavy atom. The second-order valence-corrected chi connectivity index (χ2v) is 3.83. The number of halogens is 1. The van der Waals surface area contributed by atoms with E-state index in [1.54, 1.807) is 6.08 Å². The average Bonchev–Trinajstić information content (AvgIpc) is 2.11. The van der Waals surface area contributed by atoms with Gasteiger partial charge in [0.15, 0.2) is 0 Å². The summed E-state index contributed by atoms with van der Waals surface area (Å²) in [5, 5.41) is 20.0. The molecule has 0 fully saturated rings. The molecule has 0 aromatic carbocycles. The SMILES string of the molecule is CC1(O)C=CC(Br)=CC([N+](=O)[O-])=C1. The summed E-state index contributed by atoms with van der Waals surface area (Å²) in [6.07, 6.45) is 5.59. The fourth-order valence-electron chi connectivity index (χ4n) is 0.932. The van der Waals surface area contributed by atoms with Crippen LogP contribution in [0.15, 0.2) is 34.5 Å². The number of hydrogen-bond donors (Lipinski definition) is 1. The van der Waals surface area contributed by atoms with E-state index in [4.69, 9.17) is 0 Å². The highest BCUT2D eigenvalue weighted by atomic mass is 79.9. The fourth-order valence-corrected chi connectivity index (χ4v) is 1.30. The standard InChI is InChI=1S/C8H8BrNO3/c1-8(11)3-2-6(9)4-7(5-8)10(12)13/h2-5,11H,1H3. The molecule has 1 rings (SSSR count). The van der Waals surface area contributed by atoms with Crippen LogP contribution in [0.4, 0.5) is 0 Å². The largest absolute Gasteiger partial charge is 0.382 e. The minimum Gasteiger partial charge on any atom is -0.382 e. The van der Waals surface area contributed by atoms with Gasteiger partial charge in [-0.2, -0.15) is 0 Å². The highest BCUT2D eigenvalue weighted by molar-refractivity contribution is 9.11. The van der Waals surface area contributed by atoms with E-state index in [1.807, 2.05) is 0 Å². The third kappa shape index (κ3) is 2.78. The molecule has 0 saturated carbocycles. The average molecular weight is 246 g/mol. The Morgan fingerprint density at radius 1 is 1.69 bits per heavy atom. The zero-order valence-electron chi connectivity index (χ0n) is 6.90. The molecule has 1 unspecified atom stereocenters. The maximum absolute atomic E-state index is 10.5. The van der Waals surface area contributed by atoms with Gasteiger partial charge in [0, 0.05) is 16.6 Å². The highest BCUT2D eigenvalue weighted by Crippen LogP contribution is 2.21. The van der Waals surface area contributed by atoms with Crippen LogP contribution in [0.1, 0.15) is 6.92 Å². The summed E-state index contributed by atoms with van der Waals surface area (Å²) < 4.78 is 0.563. The van der Waals surface area contributed by atoms with Crippen LogP contribution in [0.5, 0.6) is 0 Å². The van der Waals surface area contributed by atoms with Crippen molar-refractivity contribution in [3.8, 4) is 0 Å². The molecule has 1 N–H and O–H groups in total. The monoisotopic (exact) mass is 245 g/mol. The summed E-state index contributed by atoms with van der Waals surface area (Å²) in [7, 11) is 0. The van der Waals surface area contributed by atoms with E-state index in [0.29, 0.717) is 4.48 Å². The van der Waals surface area contributed by atoms with Crippen LogP contribution >= 0.6 is 15.9 Å². The van der Waals surface area contributed by atoms with Crippen molar-refractivity contribution in [1.29, 1.82) is 0 Å². The van der Waals surface area contributed by atoms with Gasteiger partial charge >= 0.3 is 0 Å². The Hall–Kier alpha value is -0.940. The molecule has 0 aromatic heterocycles. The molecule has 0 spiro atoms. The molecule has 70 valence electrons. The van der Waals surface area contributed by atoms with Gasteiger partial charge in [0.2, 0.25) is 0 Å². The van der Waals surface area contributed by atoms with Gasteiger partial charge in [-0.15, -0.1) is 0 Å². The first kappa shape index (κ1) is 10.1. The van der Waals surface area contributed by atoms with Gasteiger partial charge in [-0.05, 0) is 19.1 Å². The van der Waals surface area contributed by atoms with E-state index in [9.17, 15) is 15.2 Å². The van der Waals surface area contributed by atoms with Crippen molar-refractivity contribution >= 4 is 15.9 Å². The number of aliphatic hydroxyl groups is 1. The van der Waals surface area contributed by atoms with Crippen LogP contribution in [0.2, 0.25) is 0 Å². The van der Waals surface area contributed by atoms with Crippen molar-refractivity contribution in [1.82, 2.24) is 0 Å². The lowest BCUT2D eigenvalue weighted by atomic mass is 10.1. The van der Waals surface area contributed by atoms with E-state index in [1.165, 1.54) is 25.2 Å². The molecule has 1 atom stereocenters. The van der Waals surface area contributed by atoms with Gasteiger partial charge in [-0.3, -0.25) is 10.1 Å². The van der Waals surface area contributed by atoms with E-state index in [2.05, 4.69) is 15.9 Å². The number of nitro groups is 1. The summed E-state index contributed by atoms with van der Waals surface area (Å²) in [6.45, 7) is 1.48. The second-order valence-electron chi connectivity index (χ2n) is 2.91. The van der Waals surface area contributed by atoms with Gasteiger partial charge in [0.1, 0.15) is 5.60 Å². The van der Waals surface area contributed by atoms with Crippen molar-refractivity contribution in [2.24, 2.45) is 0 Å². The molecule has 0 aliphatic heterocycles. The summed E-state index contributed by atoms with van der Waals surface area (Å²) in [5.74, 6) is 0. The molecule has 0 heterocycles. The summed E-state index contributed by atoms with van der Waals surface area (Å²) in [6, 6.07) is 0. The van der Waals surface area contributed by atoms with E-state index >= 15 is 0 Å². The van der Waals surface area contributed by atoms with Gasteiger partial charge in [-0.1, -0.05) is 15.9 Å². The Kier molecular flexibility index (Phi) is 2.68. The van der Waals surface area contributed by atoms with Crippen molar-refractivity contribution in [2.75, 3.05) is 0 Å². The van der Waals surface area contributed by atoms with Crippen LogP contribution in [-0.4, -0.2) is 15.6 Å². The topological polar surface area (TPSA) is 63.4 Å². The maximum atomic E-state index is 10.5. The molecule has 0 aromatic rings. The molecule has 1 aliphatic rings. The molecule has 5 heteroatoms. The van der Waals surface area contributed by atoms with Gasteiger partial charge < -0.3 is 5.11 Å². The molecular weight excluding hydrogens is 238 g/mol. The van der Waals surface area contributed by atoms with Crippen molar-refractivity contribution in [3.63, 3.8) is 0 Å². The lowest BCUT2D eigenvalue weighted by Gasteiger charge is -2.10. The Balaban J connectivity index is 3.14. The van der Waals surface area contributed by atoms with Crippen molar-refractivity contribution < 1.29 is 10.0 Å². The van der Waals surface area contributed by atoms with Gasteiger partial charge in [0.25, 0.3) is 5.70 Å². The lowest BCUT2D eigenvalue weighted by molar-refractivity contribution is -0.419. The van der Waals surface area contributed by atoms with Crippen molar-refractivity contribution in [3.05, 3.63) is 44.6 Å². The molecular formula is C8H8BrNO3. The zero-order chi connectivity index (χ0) is 10.1. The predicted molar refractivity (Wildman–Crippen MR) is 51.9 cm³/mol. The smallest absolute Gasteiger partial charge is 0.269 e. The van der Waals surface area contributed by atoms with Gasteiger partial charge in [0.05, 0.1) is 4.92 Å². The maximum Gasteiger partial charge on any atom is 0.269 e. The lowest BCUT2D eigenvalue weighted by Crippen LogP contribution is -2.18. The normalized spacial score (nSPS) is 27.6. The van der Waals surface area contributed by atoms with Gasteiger partial charge in [-0.25, -0.2) is 0 Å². The number of hydrogen-bond acceptors (Lipinski definition) is 3. The molecule has 0 radical (unpaired) electrons. The third-order valence-corrected chi connectivity index (χ3v) is 2.01. The minimum atomic E-state index is -1.27. The van der Waals surface area contributed by atoms with Crippen LogP contribution in [0.3, 0.4) is 0 Å². The van der Waals surface area contributed by atoms with Crippen LogP contribution in [-0.2, 0) is 0 Å². The fraction of sp³-hybridized carbons (Fsp3) is 0.250. The second kappa shape index (κ2) is 3.43. The molecule has 0 saturated heterocycles. The Bertz CT molecular complexity index is 328. The number of rotatable bonds is 1. The van der Waals surface area contributed by atoms with Crippen LogP contribution < -0.4 is 0 Å². The van der Waals surface area contributed by atoms with Crippen molar-refractivity contribution in [2.45, 2.75) is 12.5 Å². The molecule has 1 aliphatic carbocycles. The predicted octanol–water partition coefficient (Wildman–Crippen LogP) is 1.75. The summed E-state index contributed by atoms with van der Waals surface area (Å²) in [4.78, 5) is 9.93. The van der Waals surface area contributed by atoms with E-state index in [-0.39, 0.29) is 5.70 Å². The number of nitrogens with zero attached hydrogens (tertiary/aromatic N) is 1. The molecule has 0 amide bonds. The first-order valence-corrected chi connectivity index (χ1v) is 4.36.